The summed E-state index contributed by atoms with van der Waals surface area (Å²) in [6.07, 6.45) is 8.27. The fourth-order valence-electron chi connectivity index (χ4n) is 2.67. The largest absolute Gasteiger partial charge is 0.355 e. The monoisotopic (exact) mass is 303 g/mol. The predicted molar refractivity (Wildman–Crippen MR) is 76.4 cm³/mol. The second kappa shape index (κ2) is 8.12. The highest BCUT2D eigenvalue weighted by atomic mass is 79.9. The molecule has 1 aliphatic carbocycles. The minimum Gasteiger partial charge on any atom is -0.355 e. The second-order valence-corrected chi connectivity index (χ2v) is 6.35. The van der Waals surface area contributed by atoms with Crippen molar-refractivity contribution in [1.82, 2.24) is 5.32 Å². The van der Waals surface area contributed by atoms with Crippen molar-refractivity contribution in [3.05, 3.63) is 0 Å². The Kier molecular flexibility index (Phi) is 7.17. The maximum absolute atomic E-state index is 12.0. The molecule has 0 aromatic rings. The zero-order valence-electron chi connectivity index (χ0n) is 11.2. The molecule has 0 spiro atoms. The van der Waals surface area contributed by atoms with Gasteiger partial charge >= 0.3 is 0 Å². The molecule has 0 aromatic carbocycles. The summed E-state index contributed by atoms with van der Waals surface area (Å²) in [6, 6.07) is 0. The van der Waals surface area contributed by atoms with Crippen LogP contribution in [0, 0.1) is 11.8 Å². The quantitative estimate of drug-likeness (QED) is 0.741. The normalized spacial score (nSPS) is 19.3. The topological polar surface area (TPSA) is 29.1 Å². The van der Waals surface area contributed by atoms with Gasteiger partial charge < -0.3 is 5.32 Å². The van der Waals surface area contributed by atoms with Crippen LogP contribution in [0.4, 0.5) is 0 Å². The van der Waals surface area contributed by atoms with Crippen LogP contribution in [-0.2, 0) is 4.79 Å². The molecule has 1 rings (SSSR count). The van der Waals surface area contributed by atoms with Crippen LogP contribution in [0.15, 0.2) is 0 Å². The van der Waals surface area contributed by atoms with Crippen LogP contribution in [0.2, 0.25) is 0 Å². The third-order valence-electron chi connectivity index (χ3n) is 4.01. The van der Waals surface area contributed by atoms with Crippen LogP contribution in [0.1, 0.15) is 58.8 Å². The molecule has 0 radical (unpaired) electrons. The van der Waals surface area contributed by atoms with E-state index >= 15 is 0 Å². The van der Waals surface area contributed by atoms with Crippen LogP contribution in [-0.4, -0.2) is 17.3 Å². The van der Waals surface area contributed by atoms with Crippen molar-refractivity contribution in [3.8, 4) is 0 Å². The average molecular weight is 304 g/mol. The summed E-state index contributed by atoms with van der Waals surface area (Å²) in [5.41, 5.74) is 0. The van der Waals surface area contributed by atoms with E-state index in [2.05, 4.69) is 35.1 Å². The molecule has 1 amide bonds. The minimum absolute atomic E-state index is 0.278. The maximum atomic E-state index is 12.0. The summed E-state index contributed by atoms with van der Waals surface area (Å²) in [5, 5.41) is 3.12. The number of halogens is 1. The fraction of sp³-hybridized carbons (Fsp3) is 0.929. The SMILES string of the molecule is CCC(CC)C(Br)CNC(=O)C1CCCCC1. The molecule has 0 saturated heterocycles. The molecule has 17 heavy (non-hydrogen) atoms. The number of hydrogen-bond acceptors (Lipinski definition) is 1. The van der Waals surface area contributed by atoms with Crippen molar-refractivity contribution >= 4 is 21.8 Å². The van der Waals surface area contributed by atoms with Crippen molar-refractivity contribution in [3.63, 3.8) is 0 Å². The van der Waals surface area contributed by atoms with Crippen molar-refractivity contribution < 1.29 is 4.79 Å². The first-order valence-electron chi connectivity index (χ1n) is 7.10. The van der Waals surface area contributed by atoms with Crippen LogP contribution in [0.25, 0.3) is 0 Å². The van der Waals surface area contributed by atoms with Crippen LogP contribution in [0.3, 0.4) is 0 Å². The lowest BCUT2D eigenvalue weighted by Crippen LogP contribution is -2.37. The number of amides is 1. The number of carbonyl (C=O) groups excluding carboxylic acids is 1. The molecule has 1 N–H and O–H groups in total. The lowest BCUT2D eigenvalue weighted by Gasteiger charge is -2.24. The molecule has 100 valence electrons. The molecule has 1 saturated carbocycles. The first-order chi connectivity index (χ1) is 8.19. The smallest absolute Gasteiger partial charge is 0.223 e. The third-order valence-corrected chi connectivity index (χ3v) is 5.08. The summed E-state index contributed by atoms with van der Waals surface area (Å²) in [4.78, 5) is 12.4. The fourth-order valence-corrected chi connectivity index (χ4v) is 3.58. The number of carbonyl (C=O) groups is 1. The zero-order valence-corrected chi connectivity index (χ0v) is 12.8. The van der Waals surface area contributed by atoms with Gasteiger partial charge in [0.05, 0.1) is 0 Å². The lowest BCUT2D eigenvalue weighted by atomic mass is 9.88. The van der Waals surface area contributed by atoms with Crippen molar-refractivity contribution in [1.29, 1.82) is 0 Å². The van der Waals surface area contributed by atoms with E-state index in [1.165, 1.54) is 32.1 Å². The van der Waals surface area contributed by atoms with Crippen molar-refractivity contribution in [2.75, 3.05) is 6.54 Å². The molecule has 0 aliphatic heterocycles. The summed E-state index contributed by atoms with van der Waals surface area (Å²) < 4.78 is 0. The van der Waals surface area contributed by atoms with Gasteiger partial charge in [0, 0.05) is 17.3 Å². The Morgan fingerprint density at radius 3 is 2.35 bits per heavy atom. The maximum Gasteiger partial charge on any atom is 0.223 e. The Bertz CT molecular complexity index is 222. The van der Waals surface area contributed by atoms with E-state index in [0.29, 0.717) is 10.7 Å². The average Bonchev–Trinajstić information content (AvgIpc) is 2.38. The molecule has 3 heteroatoms. The number of hydrogen-bond donors (Lipinski definition) is 1. The standard InChI is InChI=1S/C14H26BrNO/c1-3-11(4-2)13(15)10-16-14(17)12-8-6-5-7-9-12/h11-13H,3-10H2,1-2H3,(H,16,17). The molecule has 1 atom stereocenters. The molecule has 0 bridgehead atoms. The lowest BCUT2D eigenvalue weighted by molar-refractivity contribution is -0.125. The van der Waals surface area contributed by atoms with Gasteiger partial charge in [0.2, 0.25) is 5.91 Å². The van der Waals surface area contributed by atoms with E-state index in [4.69, 9.17) is 0 Å². The molecule has 2 nitrogen and oxygen atoms in total. The van der Waals surface area contributed by atoms with Gasteiger partial charge in [0.1, 0.15) is 0 Å². The van der Waals surface area contributed by atoms with Crippen LogP contribution < -0.4 is 5.32 Å². The van der Waals surface area contributed by atoms with Crippen molar-refractivity contribution in [2.24, 2.45) is 11.8 Å². The van der Waals surface area contributed by atoms with Gasteiger partial charge in [-0.25, -0.2) is 0 Å². The molecule has 0 aromatic heterocycles. The Balaban J connectivity index is 2.26. The van der Waals surface area contributed by atoms with Gasteiger partial charge in [-0.15, -0.1) is 0 Å². The second-order valence-electron chi connectivity index (χ2n) is 5.17. The van der Waals surface area contributed by atoms with Crippen molar-refractivity contribution in [2.45, 2.75) is 63.6 Å². The predicted octanol–water partition coefficient (Wildman–Crippen LogP) is 3.88. The first kappa shape index (κ1) is 15.0. The van der Waals surface area contributed by atoms with Crippen LogP contribution in [0.5, 0.6) is 0 Å². The number of alkyl halides is 1. The highest BCUT2D eigenvalue weighted by Gasteiger charge is 2.22. The minimum atomic E-state index is 0.278. The van der Waals surface area contributed by atoms with Gasteiger partial charge in [-0.1, -0.05) is 61.9 Å². The van der Waals surface area contributed by atoms with E-state index in [9.17, 15) is 4.79 Å². The van der Waals surface area contributed by atoms with E-state index in [-0.39, 0.29) is 11.8 Å². The van der Waals surface area contributed by atoms with Crippen LogP contribution >= 0.6 is 15.9 Å². The molecule has 1 aliphatic rings. The summed E-state index contributed by atoms with van der Waals surface area (Å²) in [5.74, 6) is 1.23. The highest BCUT2D eigenvalue weighted by molar-refractivity contribution is 9.09. The van der Waals surface area contributed by atoms with E-state index in [1.807, 2.05) is 0 Å². The van der Waals surface area contributed by atoms with Gasteiger partial charge in [-0.2, -0.15) is 0 Å². The molecule has 1 unspecified atom stereocenters. The first-order valence-corrected chi connectivity index (χ1v) is 8.02. The Morgan fingerprint density at radius 1 is 1.24 bits per heavy atom. The van der Waals surface area contributed by atoms with Gasteiger partial charge in [-0.05, 0) is 18.8 Å². The number of nitrogens with one attached hydrogen (secondary N) is 1. The van der Waals surface area contributed by atoms with E-state index in [0.717, 1.165) is 19.4 Å². The zero-order chi connectivity index (χ0) is 12.7. The summed E-state index contributed by atoms with van der Waals surface area (Å²) in [6.45, 7) is 5.21. The molecular formula is C14H26BrNO. The Labute approximate surface area is 114 Å². The molecule has 0 heterocycles. The van der Waals surface area contributed by atoms with E-state index in [1.54, 1.807) is 0 Å². The van der Waals surface area contributed by atoms with Gasteiger partial charge in [-0.3, -0.25) is 4.79 Å². The number of rotatable bonds is 6. The summed E-state index contributed by atoms with van der Waals surface area (Å²) in [7, 11) is 0. The summed E-state index contributed by atoms with van der Waals surface area (Å²) >= 11 is 3.70. The molecular weight excluding hydrogens is 278 g/mol. The molecule has 1 fully saturated rings. The highest BCUT2D eigenvalue weighted by Crippen LogP contribution is 2.24. The third kappa shape index (κ3) is 4.99. The van der Waals surface area contributed by atoms with Gasteiger partial charge in [0.15, 0.2) is 0 Å². The van der Waals surface area contributed by atoms with E-state index < -0.39 is 0 Å². The Hall–Kier alpha value is -0.0500. The van der Waals surface area contributed by atoms with Gasteiger partial charge in [0.25, 0.3) is 0 Å². The Morgan fingerprint density at radius 2 is 1.82 bits per heavy atom.